The van der Waals surface area contributed by atoms with Crippen LogP contribution in [0.2, 0.25) is 5.02 Å². The Bertz CT molecular complexity index is 879. The Morgan fingerprint density at radius 1 is 1.04 bits per heavy atom. The Balaban J connectivity index is 1.78. The Kier molecular flexibility index (Phi) is 7.76. The minimum atomic E-state index is -0.952. The number of nitrogens with one attached hydrogen (secondary N) is 1. The van der Waals surface area contributed by atoms with Crippen LogP contribution in [0.1, 0.15) is 46.8 Å². The molecule has 5 nitrogen and oxygen atoms in total. The number of carbonyl (C=O) groups excluding carboxylic acids is 3. The first kappa shape index (κ1) is 21.6. The standard InChI is InChI=1S/C22H24ClNO4/c1-14-8-9-17(12-15(14)2)20(25)10-11-21(26)28-16(3)22(27)24-13-18-6-4-5-7-19(18)23/h4-9,12,16H,10-11,13H2,1-3H3,(H,24,27). The van der Waals surface area contributed by atoms with E-state index in [2.05, 4.69) is 5.32 Å². The van der Waals surface area contributed by atoms with E-state index >= 15 is 0 Å². The number of amides is 1. The summed E-state index contributed by atoms with van der Waals surface area (Å²) < 4.78 is 5.12. The van der Waals surface area contributed by atoms with E-state index in [9.17, 15) is 14.4 Å². The summed E-state index contributed by atoms with van der Waals surface area (Å²) >= 11 is 6.04. The number of carbonyl (C=O) groups is 3. The second-order valence-electron chi connectivity index (χ2n) is 6.66. The lowest BCUT2D eigenvalue weighted by Gasteiger charge is -2.14. The molecule has 0 radical (unpaired) electrons. The minimum absolute atomic E-state index is 0.0370. The number of hydrogen-bond donors (Lipinski definition) is 1. The molecule has 1 unspecified atom stereocenters. The van der Waals surface area contributed by atoms with Gasteiger partial charge in [-0.05, 0) is 49.6 Å². The second kappa shape index (κ2) is 10.0. The van der Waals surface area contributed by atoms with Gasteiger partial charge in [0.15, 0.2) is 11.9 Å². The number of hydrogen-bond acceptors (Lipinski definition) is 4. The fourth-order valence-electron chi connectivity index (χ4n) is 2.55. The third-order valence-corrected chi connectivity index (χ3v) is 4.84. The average Bonchev–Trinajstić information content (AvgIpc) is 2.67. The summed E-state index contributed by atoms with van der Waals surface area (Å²) in [4.78, 5) is 36.3. The molecule has 0 saturated heterocycles. The molecule has 1 amide bonds. The third-order valence-electron chi connectivity index (χ3n) is 4.47. The van der Waals surface area contributed by atoms with Crippen molar-refractivity contribution in [1.82, 2.24) is 5.32 Å². The van der Waals surface area contributed by atoms with E-state index in [1.165, 1.54) is 6.92 Å². The molecule has 148 valence electrons. The van der Waals surface area contributed by atoms with Gasteiger partial charge >= 0.3 is 5.97 Å². The van der Waals surface area contributed by atoms with Crippen molar-refractivity contribution in [2.24, 2.45) is 0 Å². The SMILES string of the molecule is Cc1ccc(C(=O)CCC(=O)OC(C)C(=O)NCc2ccccc2Cl)cc1C. The largest absolute Gasteiger partial charge is 0.453 e. The van der Waals surface area contributed by atoms with Gasteiger partial charge in [-0.1, -0.05) is 41.9 Å². The normalized spacial score (nSPS) is 11.6. The van der Waals surface area contributed by atoms with Gasteiger partial charge < -0.3 is 10.1 Å². The molecule has 2 aromatic carbocycles. The predicted molar refractivity (Wildman–Crippen MR) is 108 cm³/mol. The van der Waals surface area contributed by atoms with Gasteiger partial charge in [0.05, 0.1) is 6.42 Å². The summed E-state index contributed by atoms with van der Waals surface area (Å²) in [6.07, 6.45) is -0.991. The van der Waals surface area contributed by atoms with E-state index < -0.39 is 18.0 Å². The number of ketones is 1. The predicted octanol–water partition coefficient (Wildman–Crippen LogP) is 4.17. The van der Waals surface area contributed by atoms with Crippen LogP contribution in [0.4, 0.5) is 0 Å². The van der Waals surface area contributed by atoms with Crippen LogP contribution in [0.5, 0.6) is 0 Å². The van der Waals surface area contributed by atoms with Crippen molar-refractivity contribution in [3.05, 3.63) is 69.7 Å². The molecule has 1 atom stereocenters. The Morgan fingerprint density at radius 3 is 2.43 bits per heavy atom. The molecule has 0 heterocycles. The molecular weight excluding hydrogens is 378 g/mol. The monoisotopic (exact) mass is 401 g/mol. The van der Waals surface area contributed by atoms with Crippen molar-refractivity contribution in [2.45, 2.75) is 46.3 Å². The summed E-state index contributed by atoms with van der Waals surface area (Å²) in [5.74, 6) is -1.14. The zero-order chi connectivity index (χ0) is 20.7. The summed E-state index contributed by atoms with van der Waals surface area (Å²) in [5.41, 5.74) is 3.47. The van der Waals surface area contributed by atoms with Crippen LogP contribution in [0.3, 0.4) is 0 Å². The lowest BCUT2D eigenvalue weighted by molar-refractivity contribution is -0.154. The number of aryl methyl sites for hydroxylation is 2. The van der Waals surface area contributed by atoms with E-state index in [1.807, 2.05) is 32.0 Å². The number of rotatable bonds is 8. The van der Waals surface area contributed by atoms with Crippen molar-refractivity contribution >= 4 is 29.3 Å². The van der Waals surface area contributed by atoms with Gasteiger partial charge in [-0.15, -0.1) is 0 Å². The number of halogens is 1. The molecule has 0 aliphatic carbocycles. The maximum Gasteiger partial charge on any atom is 0.307 e. The van der Waals surface area contributed by atoms with Gasteiger partial charge in [-0.3, -0.25) is 14.4 Å². The molecule has 28 heavy (non-hydrogen) atoms. The van der Waals surface area contributed by atoms with Crippen LogP contribution >= 0.6 is 11.6 Å². The van der Waals surface area contributed by atoms with Crippen LogP contribution < -0.4 is 5.32 Å². The zero-order valence-corrected chi connectivity index (χ0v) is 17.0. The number of esters is 1. The van der Waals surface area contributed by atoms with Crippen LogP contribution in [-0.4, -0.2) is 23.8 Å². The Hall–Kier alpha value is -2.66. The lowest BCUT2D eigenvalue weighted by Crippen LogP contribution is -2.35. The lowest BCUT2D eigenvalue weighted by atomic mass is 10.0. The molecule has 2 rings (SSSR count). The van der Waals surface area contributed by atoms with E-state index in [1.54, 1.807) is 24.3 Å². The number of Topliss-reactive ketones (excluding diaryl/α,β-unsaturated/α-hetero) is 1. The van der Waals surface area contributed by atoms with Gasteiger partial charge in [0.25, 0.3) is 5.91 Å². The molecule has 0 saturated carbocycles. The molecule has 1 N–H and O–H groups in total. The molecule has 6 heteroatoms. The van der Waals surface area contributed by atoms with Gasteiger partial charge in [0.1, 0.15) is 0 Å². The van der Waals surface area contributed by atoms with E-state index in [4.69, 9.17) is 16.3 Å². The highest BCUT2D eigenvalue weighted by Gasteiger charge is 2.19. The fraction of sp³-hybridized carbons (Fsp3) is 0.318. The average molecular weight is 402 g/mol. The third kappa shape index (κ3) is 6.20. The molecule has 0 aromatic heterocycles. The molecule has 0 aliphatic heterocycles. The smallest absolute Gasteiger partial charge is 0.307 e. The molecule has 0 fully saturated rings. The van der Waals surface area contributed by atoms with Crippen LogP contribution in [-0.2, 0) is 20.9 Å². The topological polar surface area (TPSA) is 72.5 Å². The van der Waals surface area contributed by atoms with Gasteiger partial charge in [-0.2, -0.15) is 0 Å². The highest BCUT2D eigenvalue weighted by Crippen LogP contribution is 2.15. The molecular formula is C22H24ClNO4. The summed E-state index contributed by atoms with van der Waals surface area (Å²) in [7, 11) is 0. The quantitative estimate of drug-likeness (QED) is 0.532. The van der Waals surface area contributed by atoms with Crippen LogP contribution in [0.25, 0.3) is 0 Å². The van der Waals surface area contributed by atoms with Crippen LogP contribution in [0.15, 0.2) is 42.5 Å². The molecule has 0 aliphatic rings. The van der Waals surface area contributed by atoms with Crippen molar-refractivity contribution < 1.29 is 19.1 Å². The molecule has 2 aromatic rings. The first-order valence-corrected chi connectivity index (χ1v) is 9.46. The van der Waals surface area contributed by atoms with Gasteiger partial charge in [0.2, 0.25) is 0 Å². The van der Waals surface area contributed by atoms with Crippen molar-refractivity contribution in [3.8, 4) is 0 Å². The highest BCUT2D eigenvalue weighted by molar-refractivity contribution is 6.31. The van der Waals surface area contributed by atoms with Crippen LogP contribution in [0, 0.1) is 13.8 Å². The summed E-state index contributed by atoms with van der Waals surface area (Å²) in [6.45, 7) is 5.64. The van der Waals surface area contributed by atoms with E-state index in [0.29, 0.717) is 10.6 Å². The Morgan fingerprint density at radius 2 is 1.75 bits per heavy atom. The minimum Gasteiger partial charge on any atom is -0.453 e. The maximum atomic E-state index is 12.2. The summed E-state index contributed by atoms with van der Waals surface area (Å²) in [5, 5.41) is 3.23. The van der Waals surface area contributed by atoms with Crippen molar-refractivity contribution in [3.63, 3.8) is 0 Å². The maximum absolute atomic E-state index is 12.2. The zero-order valence-electron chi connectivity index (χ0n) is 16.3. The number of benzene rings is 2. The van der Waals surface area contributed by atoms with Crippen molar-refractivity contribution in [2.75, 3.05) is 0 Å². The Labute approximate surface area is 170 Å². The first-order chi connectivity index (χ1) is 13.3. The summed E-state index contributed by atoms with van der Waals surface area (Å²) in [6, 6.07) is 12.6. The highest BCUT2D eigenvalue weighted by atomic mass is 35.5. The van der Waals surface area contributed by atoms with E-state index in [0.717, 1.165) is 16.7 Å². The fourth-order valence-corrected chi connectivity index (χ4v) is 2.75. The van der Waals surface area contributed by atoms with E-state index in [-0.39, 0.29) is 25.2 Å². The van der Waals surface area contributed by atoms with Gasteiger partial charge in [0, 0.05) is 23.6 Å². The van der Waals surface area contributed by atoms with Crippen molar-refractivity contribution in [1.29, 1.82) is 0 Å². The first-order valence-electron chi connectivity index (χ1n) is 9.09. The number of ether oxygens (including phenoxy) is 1. The molecule has 0 spiro atoms. The second-order valence-corrected chi connectivity index (χ2v) is 7.07. The molecule has 0 bridgehead atoms. The van der Waals surface area contributed by atoms with Gasteiger partial charge in [-0.25, -0.2) is 0 Å².